The largest absolute Gasteiger partial charge is 0.344 e. The van der Waals surface area contributed by atoms with Crippen LogP contribution in [0.25, 0.3) is 0 Å². The Labute approximate surface area is 174 Å². The fourth-order valence-electron chi connectivity index (χ4n) is 3.23. The summed E-state index contributed by atoms with van der Waals surface area (Å²) in [6.07, 6.45) is 8.25. The molecule has 1 aromatic carbocycles. The van der Waals surface area contributed by atoms with Gasteiger partial charge in [-0.1, -0.05) is 36.4 Å². The van der Waals surface area contributed by atoms with Crippen molar-refractivity contribution in [2.24, 2.45) is 0 Å². The SMILES string of the molecule is O=C(Nc1nc(Cc2ccccc2)cs1)c1cccn1CCCc1cccnc1. The average Bonchev–Trinajstić information content (AvgIpc) is 3.39. The molecule has 1 N–H and O–H groups in total. The van der Waals surface area contributed by atoms with Crippen LogP contribution in [0.15, 0.2) is 78.6 Å². The van der Waals surface area contributed by atoms with Crippen LogP contribution >= 0.6 is 11.3 Å². The average molecular weight is 403 g/mol. The number of benzene rings is 1. The number of rotatable bonds is 8. The van der Waals surface area contributed by atoms with Crippen molar-refractivity contribution in [1.82, 2.24) is 14.5 Å². The number of carbonyl (C=O) groups excluding carboxylic acids is 1. The molecule has 4 aromatic rings. The lowest BCUT2D eigenvalue weighted by Gasteiger charge is -2.09. The lowest BCUT2D eigenvalue weighted by atomic mass is 10.1. The smallest absolute Gasteiger partial charge is 0.274 e. The molecule has 0 saturated heterocycles. The van der Waals surface area contributed by atoms with E-state index >= 15 is 0 Å². The number of carbonyl (C=O) groups is 1. The van der Waals surface area contributed by atoms with Crippen LogP contribution in [0.5, 0.6) is 0 Å². The summed E-state index contributed by atoms with van der Waals surface area (Å²) < 4.78 is 1.99. The lowest BCUT2D eigenvalue weighted by molar-refractivity contribution is 0.101. The second-order valence-corrected chi connectivity index (χ2v) is 7.67. The third-order valence-corrected chi connectivity index (χ3v) is 5.46. The van der Waals surface area contributed by atoms with Gasteiger partial charge in [0.1, 0.15) is 5.69 Å². The Kier molecular flexibility index (Phi) is 6.12. The molecule has 0 aliphatic carbocycles. The van der Waals surface area contributed by atoms with Gasteiger partial charge in [0.25, 0.3) is 5.91 Å². The lowest BCUT2D eigenvalue weighted by Crippen LogP contribution is -2.17. The van der Waals surface area contributed by atoms with Crippen molar-refractivity contribution in [3.63, 3.8) is 0 Å². The number of aryl methyl sites for hydroxylation is 2. The molecule has 6 heteroatoms. The first kappa shape index (κ1) is 19.1. The van der Waals surface area contributed by atoms with Gasteiger partial charge in [-0.25, -0.2) is 4.98 Å². The molecule has 0 aliphatic heterocycles. The Bertz CT molecular complexity index is 1060. The number of amides is 1. The Balaban J connectivity index is 1.34. The summed E-state index contributed by atoms with van der Waals surface area (Å²) in [5.74, 6) is -0.128. The Hall–Kier alpha value is -3.25. The van der Waals surface area contributed by atoms with Crippen LogP contribution in [0.2, 0.25) is 0 Å². The quantitative estimate of drug-likeness (QED) is 0.460. The summed E-state index contributed by atoms with van der Waals surface area (Å²) in [5, 5.41) is 5.56. The molecule has 3 aromatic heterocycles. The van der Waals surface area contributed by atoms with E-state index in [9.17, 15) is 4.79 Å². The molecule has 0 saturated carbocycles. The van der Waals surface area contributed by atoms with Crippen molar-refractivity contribution < 1.29 is 4.79 Å². The molecule has 146 valence electrons. The molecule has 1 amide bonds. The molecule has 4 rings (SSSR count). The zero-order valence-corrected chi connectivity index (χ0v) is 16.8. The number of pyridine rings is 1. The number of aromatic nitrogens is 3. The summed E-state index contributed by atoms with van der Waals surface area (Å²) in [4.78, 5) is 21.4. The minimum atomic E-state index is -0.128. The highest BCUT2D eigenvalue weighted by atomic mass is 32.1. The van der Waals surface area contributed by atoms with Crippen molar-refractivity contribution >= 4 is 22.4 Å². The summed E-state index contributed by atoms with van der Waals surface area (Å²) in [6.45, 7) is 0.780. The van der Waals surface area contributed by atoms with E-state index in [0.29, 0.717) is 10.8 Å². The third-order valence-electron chi connectivity index (χ3n) is 4.65. The van der Waals surface area contributed by atoms with E-state index in [1.807, 2.05) is 58.7 Å². The first-order valence-corrected chi connectivity index (χ1v) is 10.5. The molecule has 5 nitrogen and oxygen atoms in total. The van der Waals surface area contributed by atoms with E-state index in [-0.39, 0.29) is 5.91 Å². The van der Waals surface area contributed by atoms with E-state index in [0.717, 1.165) is 31.5 Å². The van der Waals surface area contributed by atoms with Gasteiger partial charge >= 0.3 is 0 Å². The number of anilines is 1. The molecule has 0 fully saturated rings. The standard InChI is InChI=1S/C23H22N4OS/c28-22(26-23-25-20(17-29-23)15-18-7-2-1-3-8-18)21-11-6-14-27(21)13-5-10-19-9-4-12-24-16-19/h1-4,6-9,11-12,14,16-17H,5,10,13,15H2,(H,25,26,28). The summed E-state index contributed by atoms with van der Waals surface area (Å²) >= 11 is 1.46. The number of thiazole rings is 1. The van der Waals surface area contributed by atoms with Gasteiger partial charge in [0.15, 0.2) is 5.13 Å². The van der Waals surface area contributed by atoms with E-state index < -0.39 is 0 Å². The zero-order valence-electron chi connectivity index (χ0n) is 16.0. The molecule has 0 spiro atoms. The highest BCUT2D eigenvalue weighted by Gasteiger charge is 2.13. The van der Waals surface area contributed by atoms with E-state index in [2.05, 4.69) is 33.5 Å². The fourth-order valence-corrected chi connectivity index (χ4v) is 3.93. The van der Waals surface area contributed by atoms with E-state index in [1.165, 1.54) is 22.5 Å². The number of hydrogen-bond acceptors (Lipinski definition) is 4. The molecule has 29 heavy (non-hydrogen) atoms. The Morgan fingerprint density at radius 2 is 1.90 bits per heavy atom. The minimum Gasteiger partial charge on any atom is -0.344 e. The summed E-state index contributed by atoms with van der Waals surface area (Å²) in [6, 6.07) is 18.0. The molecule has 0 unspecified atom stereocenters. The molecule has 0 atom stereocenters. The fraction of sp³-hybridized carbons (Fsp3) is 0.174. The summed E-state index contributed by atoms with van der Waals surface area (Å²) in [7, 11) is 0. The maximum atomic E-state index is 12.7. The number of hydrogen-bond donors (Lipinski definition) is 1. The van der Waals surface area contributed by atoms with Gasteiger partial charge < -0.3 is 4.57 Å². The van der Waals surface area contributed by atoms with Crippen LogP contribution in [0, 0.1) is 0 Å². The van der Waals surface area contributed by atoms with E-state index in [4.69, 9.17) is 0 Å². The molecule has 0 aliphatic rings. The topological polar surface area (TPSA) is 59.8 Å². The van der Waals surface area contributed by atoms with Crippen LogP contribution in [0.4, 0.5) is 5.13 Å². The highest BCUT2D eigenvalue weighted by Crippen LogP contribution is 2.19. The predicted octanol–water partition coefficient (Wildman–Crippen LogP) is 4.82. The van der Waals surface area contributed by atoms with Crippen LogP contribution in [-0.4, -0.2) is 20.4 Å². The number of nitrogens with zero attached hydrogens (tertiary/aromatic N) is 3. The first-order chi connectivity index (χ1) is 14.3. The predicted molar refractivity (Wildman–Crippen MR) is 116 cm³/mol. The molecular weight excluding hydrogens is 380 g/mol. The van der Waals surface area contributed by atoms with E-state index in [1.54, 1.807) is 6.20 Å². The van der Waals surface area contributed by atoms with Crippen molar-refractivity contribution in [2.45, 2.75) is 25.8 Å². The second kappa shape index (κ2) is 9.30. The van der Waals surface area contributed by atoms with Crippen molar-refractivity contribution in [1.29, 1.82) is 0 Å². The molecule has 3 heterocycles. The minimum absolute atomic E-state index is 0.128. The maximum Gasteiger partial charge on any atom is 0.274 e. The molecule has 0 bridgehead atoms. The van der Waals surface area contributed by atoms with Gasteiger partial charge in [0.05, 0.1) is 5.69 Å². The first-order valence-electron chi connectivity index (χ1n) is 9.61. The third kappa shape index (κ3) is 5.18. The van der Waals surface area contributed by atoms with Crippen LogP contribution in [0.1, 0.15) is 33.7 Å². The van der Waals surface area contributed by atoms with Crippen molar-refractivity contribution in [3.05, 3.63) is 101 Å². The van der Waals surface area contributed by atoms with Gasteiger partial charge in [0, 0.05) is 36.9 Å². The van der Waals surface area contributed by atoms with Crippen LogP contribution in [-0.2, 0) is 19.4 Å². The summed E-state index contributed by atoms with van der Waals surface area (Å²) in [5.41, 5.74) is 4.02. The second-order valence-electron chi connectivity index (χ2n) is 6.81. The maximum absolute atomic E-state index is 12.7. The highest BCUT2D eigenvalue weighted by molar-refractivity contribution is 7.14. The zero-order chi connectivity index (χ0) is 19.9. The van der Waals surface area contributed by atoms with Crippen LogP contribution in [0.3, 0.4) is 0 Å². The Morgan fingerprint density at radius 1 is 1.03 bits per heavy atom. The van der Waals surface area contributed by atoms with Gasteiger partial charge in [0.2, 0.25) is 0 Å². The molecule has 0 radical (unpaired) electrons. The number of nitrogens with one attached hydrogen (secondary N) is 1. The van der Waals surface area contributed by atoms with Gasteiger partial charge in [-0.3, -0.25) is 15.1 Å². The van der Waals surface area contributed by atoms with Gasteiger partial charge in [-0.15, -0.1) is 11.3 Å². The molecular formula is C23H22N4OS. The van der Waals surface area contributed by atoms with Crippen molar-refractivity contribution in [3.8, 4) is 0 Å². The van der Waals surface area contributed by atoms with Gasteiger partial charge in [-0.2, -0.15) is 0 Å². The monoisotopic (exact) mass is 402 g/mol. The van der Waals surface area contributed by atoms with Crippen molar-refractivity contribution in [2.75, 3.05) is 5.32 Å². The van der Waals surface area contributed by atoms with Gasteiger partial charge in [-0.05, 0) is 42.2 Å². The normalized spacial score (nSPS) is 10.8. The van der Waals surface area contributed by atoms with Crippen LogP contribution < -0.4 is 5.32 Å². The Morgan fingerprint density at radius 3 is 2.72 bits per heavy atom.